The Morgan fingerprint density at radius 2 is 1.46 bits per heavy atom. The van der Waals surface area contributed by atoms with Gasteiger partial charge < -0.3 is 20.0 Å². The van der Waals surface area contributed by atoms with Crippen LogP contribution in [-0.2, 0) is 9.59 Å². The third-order valence-corrected chi connectivity index (χ3v) is 4.78. The third-order valence-electron chi connectivity index (χ3n) is 4.78. The Bertz CT molecular complexity index is 768. The Kier molecular flexibility index (Phi) is 5.56. The number of ether oxygens (including phenoxy) is 1. The second-order valence-corrected chi connectivity index (χ2v) is 6.75. The molecule has 0 aliphatic heterocycles. The van der Waals surface area contributed by atoms with E-state index in [0.717, 1.165) is 24.2 Å². The van der Waals surface area contributed by atoms with Crippen LogP contribution in [0.2, 0.25) is 0 Å². The number of anilines is 1. The second kappa shape index (κ2) is 8.04. The summed E-state index contributed by atoms with van der Waals surface area (Å²) in [6.45, 7) is 2.01. The van der Waals surface area contributed by atoms with Gasteiger partial charge in [0.25, 0.3) is 0 Å². The molecule has 3 rings (SSSR count). The van der Waals surface area contributed by atoms with Crippen LogP contribution in [0.15, 0.2) is 48.5 Å². The van der Waals surface area contributed by atoms with Gasteiger partial charge in [0.1, 0.15) is 11.5 Å². The van der Waals surface area contributed by atoms with E-state index in [1.54, 1.807) is 24.3 Å². The lowest BCUT2D eigenvalue weighted by Crippen LogP contribution is -2.42. The molecule has 1 aliphatic rings. The minimum atomic E-state index is -1.13. The molecule has 2 unspecified atom stereocenters. The Hall–Kier alpha value is -2.82. The van der Waals surface area contributed by atoms with E-state index < -0.39 is 17.8 Å². The molecule has 2 atom stereocenters. The predicted molar refractivity (Wildman–Crippen MR) is 96.8 cm³/mol. The molecule has 1 amide bonds. The molecule has 1 saturated carbocycles. The highest BCUT2D eigenvalue weighted by Gasteiger charge is 2.31. The molecule has 5 nitrogen and oxygen atoms in total. The maximum Gasteiger partial charge on any atom is 0.228 e. The van der Waals surface area contributed by atoms with Crippen LogP contribution >= 0.6 is 0 Å². The first-order chi connectivity index (χ1) is 12.5. The standard InChI is InChI=1S/C21H23NO4/c1-14-6-10-16(11-7-14)26-17-12-8-15(9-13-17)22-20(23)18-4-2-3-5-19(18)21(24)25/h6-13,18-19H,2-5H2,1H3,(H,22,23)(H,24,25)/p-1. The summed E-state index contributed by atoms with van der Waals surface area (Å²) < 4.78 is 5.76. The highest BCUT2D eigenvalue weighted by molar-refractivity contribution is 5.95. The summed E-state index contributed by atoms with van der Waals surface area (Å²) in [7, 11) is 0. The highest BCUT2D eigenvalue weighted by Crippen LogP contribution is 2.31. The van der Waals surface area contributed by atoms with Crippen LogP contribution in [0.3, 0.4) is 0 Å². The summed E-state index contributed by atoms with van der Waals surface area (Å²) in [5.74, 6) is -1.22. The van der Waals surface area contributed by atoms with Crippen LogP contribution in [0, 0.1) is 18.8 Å². The zero-order chi connectivity index (χ0) is 18.5. The molecule has 1 aliphatic carbocycles. The average molecular weight is 352 g/mol. The van der Waals surface area contributed by atoms with Crippen molar-refractivity contribution in [2.24, 2.45) is 11.8 Å². The lowest BCUT2D eigenvalue weighted by atomic mass is 9.78. The number of aliphatic carboxylic acids is 1. The molecule has 0 radical (unpaired) electrons. The first-order valence-corrected chi connectivity index (χ1v) is 8.89. The monoisotopic (exact) mass is 352 g/mol. The number of carboxylic acids is 1. The van der Waals surface area contributed by atoms with Crippen molar-refractivity contribution in [3.05, 3.63) is 54.1 Å². The van der Waals surface area contributed by atoms with Gasteiger partial charge in [0, 0.05) is 23.5 Å². The van der Waals surface area contributed by atoms with Crippen molar-refractivity contribution in [3.8, 4) is 11.5 Å². The van der Waals surface area contributed by atoms with Crippen molar-refractivity contribution in [1.29, 1.82) is 0 Å². The fourth-order valence-electron chi connectivity index (χ4n) is 3.31. The quantitative estimate of drug-likeness (QED) is 0.896. The van der Waals surface area contributed by atoms with Crippen LogP contribution in [0.25, 0.3) is 0 Å². The minimum Gasteiger partial charge on any atom is -0.550 e. The number of benzene rings is 2. The normalized spacial score (nSPS) is 19.6. The Morgan fingerprint density at radius 1 is 0.923 bits per heavy atom. The van der Waals surface area contributed by atoms with Gasteiger partial charge in [-0.3, -0.25) is 4.79 Å². The fourth-order valence-corrected chi connectivity index (χ4v) is 3.31. The number of rotatable bonds is 5. The van der Waals surface area contributed by atoms with Gasteiger partial charge in [-0.2, -0.15) is 0 Å². The average Bonchev–Trinajstić information content (AvgIpc) is 2.65. The molecule has 136 valence electrons. The maximum absolute atomic E-state index is 12.5. The van der Waals surface area contributed by atoms with Crippen LogP contribution in [-0.4, -0.2) is 11.9 Å². The first kappa shape index (κ1) is 18.0. The highest BCUT2D eigenvalue weighted by atomic mass is 16.5. The molecule has 0 bridgehead atoms. The van der Waals surface area contributed by atoms with E-state index in [2.05, 4.69) is 5.32 Å². The predicted octanol–water partition coefficient (Wildman–Crippen LogP) is 3.28. The van der Waals surface area contributed by atoms with E-state index in [-0.39, 0.29) is 5.91 Å². The van der Waals surface area contributed by atoms with Gasteiger partial charge in [-0.1, -0.05) is 30.5 Å². The van der Waals surface area contributed by atoms with Gasteiger partial charge in [0.2, 0.25) is 5.91 Å². The number of aryl methyl sites for hydroxylation is 1. The number of carboxylic acid groups (broad SMARTS) is 1. The molecular weight excluding hydrogens is 330 g/mol. The van der Waals surface area contributed by atoms with Crippen LogP contribution < -0.4 is 15.2 Å². The van der Waals surface area contributed by atoms with E-state index in [0.29, 0.717) is 24.3 Å². The van der Waals surface area contributed by atoms with Crippen molar-refractivity contribution in [2.45, 2.75) is 32.6 Å². The zero-order valence-electron chi connectivity index (χ0n) is 14.7. The fraction of sp³-hybridized carbons (Fsp3) is 0.333. The Morgan fingerprint density at radius 3 is 2.04 bits per heavy atom. The summed E-state index contributed by atoms with van der Waals surface area (Å²) >= 11 is 0. The molecular formula is C21H22NO4-. The van der Waals surface area contributed by atoms with E-state index in [9.17, 15) is 14.7 Å². The van der Waals surface area contributed by atoms with E-state index in [1.165, 1.54) is 0 Å². The van der Waals surface area contributed by atoms with Crippen molar-refractivity contribution in [2.75, 3.05) is 5.32 Å². The summed E-state index contributed by atoms with van der Waals surface area (Å²) in [6, 6.07) is 14.8. The summed E-state index contributed by atoms with van der Waals surface area (Å²) in [5.41, 5.74) is 1.78. The number of nitrogens with one attached hydrogen (secondary N) is 1. The number of amides is 1. The number of hydrogen-bond acceptors (Lipinski definition) is 4. The first-order valence-electron chi connectivity index (χ1n) is 8.89. The van der Waals surface area contributed by atoms with E-state index in [1.807, 2.05) is 31.2 Å². The summed E-state index contributed by atoms with van der Waals surface area (Å²) in [6.07, 6.45) is 2.78. The zero-order valence-corrected chi connectivity index (χ0v) is 14.7. The van der Waals surface area contributed by atoms with Crippen molar-refractivity contribution in [3.63, 3.8) is 0 Å². The number of carbonyl (C=O) groups is 2. The summed E-state index contributed by atoms with van der Waals surface area (Å²) in [5, 5.41) is 14.1. The topological polar surface area (TPSA) is 78.5 Å². The van der Waals surface area contributed by atoms with E-state index in [4.69, 9.17) is 4.74 Å². The van der Waals surface area contributed by atoms with Crippen molar-refractivity contribution in [1.82, 2.24) is 0 Å². The van der Waals surface area contributed by atoms with Crippen LogP contribution in [0.5, 0.6) is 11.5 Å². The largest absolute Gasteiger partial charge is 0.550 e. The van der Waals surface area contributed by atoms with Crippen LogP contribution in [0.4, 0.5) is 5.69 Å². The molecule has 5 heteroatoms. The van der Waals surface area contributed by atoms with Crippen LogP contribution in [0.1, 0.15) is 31.2 Å². The van der Waals surface area contributed by atoms with Crippen molar-refractivity contribution < 1.29 is 19.4 Å². The van der Waals surface area contributed by atoms with Gasteiger partial charge in [0.05, 0.1) is 0 Å². The molecule has 0 spiro atoms. The van der Waals surface area contributed by atoms with Crippen molar-refractivity contribution >= 4 is 17.6 Å². The SMILES string of the molecule is Cc1ccc(Oc2ccc(NC(=O)C3CCCCC3C(=O)[O-])cc2)cc1. The van der Waals surface area contributed by atoms with Gasteiger partial charge in [-0.25, -0.2) is 0 Å². The maximum atomic E-state index is 12.5. The molecule has 0 aromatic heterocycles. The van der Waals surface area contributed by atoms with Gasteiger partial charge in [-0.05, 0) is 56.2 Å². The van der Waals surface area contributed by atoms with E-state index >= 15 is 0 Å². The van der Waals surface area contributed by atoms with Gasteiger partial charge in [-0.15, -0.1) is 0 Å². The molecule has 2 aromatic carbocycles. The third kappa shape index (κ3) is 4.42. The molecule has 2 aromatic rings. The molecule has 1 fully saturated rings. The molecule has 1 N–H and O–H groups in total. The minimum absolute atomic E-state index is 0.258. The van der Waals surface area contributed by atoms with Gasteiger partial charge in [0.15, 0.2) is 0 Å². The number of carbonyl (C=O) groups excluding carboxylic acids is 2. The molecule has 0 heterocycles. The second-order valence-electron chi connectivity index (χ2n) is 6.75. The molecule has 26 heavy (non-hydrogen) atoms. The van der Waals surface area contributed by atoms with Gasteiger partial charge >= 0.3 is 0 Å². The number of hydrogen-bond donors (Lipinski definition) is 1. The molecule has 0 saturated heterocycles. The lowest BCUT2D eigenvalue weighted by Gasteiger charge is -2.31. The Labute approximate surface area is 153 Å². The Balaban J connectivity index is 1.62. The summed E-state index contributed by atoms with van der Waals surface area (Å²) in [4.78, 5) is 23.7. The smallest absolute Gasteiger partial charge is 0.228 e. The lowest BCUT2D eigenvalue weighted by molar-refractivity contribution is -0.313.